The van der Waals surface area contributed by atoms with E-state index in [1.807, 2.05) is 6.07 Å². The Kier molecular flexibility index (Phi) is 6.41. The SMILES string of the molecule is CCC(CC)Oc1cc(C)c(-c2cc(-c3cnc(N)s3)nc(-c3cnccn3)n2)c(C)c1. The first-order chi connectivity index (χ1) is 15.5. The van der Waals surface area contributed by atoms with Gasteiger partial charge in [-0.15, -0.1) is 0 Å². The van der Waals surface area contributed by atoms with Crippen LogP contribution in [0.5, 0.6) is 5.75 Å². The molecule has 0 amide bonds. The van der Waals surface area contributed by atoms with Crippen molar-refractivity contribution in [3.63, 3.8) is 0 Å². The standard InChI is InChI=1S/C24H26N6OS/c1-5-16(6-2)31-17-9-14(3)22(15(4)10-17)19-11-18(21-13-28-24(25)32-21)29-23(30-19)20-12-26-7-8-27-20/h7-13,16H,5-6H2,1-4H3,(H2,25,28). The zero-order valence-electron chi connectivity index (χ0n) is 18.7. The number of nitrogen functional groups attached to an aromatic ring is 1. The van der Waals surface area contributed by atoms with Crippen LogP contribution in [-0.4, -0.2) is 31.0 Å². The molecule has 0 radical (unpaired) electrons. The molecule has 0 spiro atoms. The smallest absolute Gasteiger partial charge is 0.180 e. The molecule has 0 bridgehead atoms. The molecule has 32 heavy (non-hydrogen) atoms. The molecule has 0 aliphatic heterocycles. The van der Waals surface area contributed by atoms with Crippen molar-refractivity contribution in [1.29, 1.82) is 0 Å². The number of benzene rings is 1. The molecule has 7 nitrogen and oxygen atoms in total. The van der Waals surface area contributed by atoms with Crippen LogP contribution >= 0.6 is 11.3 Å². The molecule has 0 unspecified atom stereocenters. The summed E-state index contributed by atoms with van der Waals surface area (Å²) in [6, 6.07) is 6.13. The second kappa shape index (κ2) is 9.40. The summed E-state index contributed by atoms with van der Waals surface area (Å²) in [5.74, 6) is 1.39. The number of anilines is 1. The molecule has 0 saturated heterocycles. The van der Waals surface area contributed by atoms with E-state index in [0.29, 0.717) is 16.6 Å². The minimum absolute atomic E-state index is 0.213. The Morgan fingerprint density at radius 3 is 2.22 bits per heavy atom. The predicted molar refractivity (Wildman–Crippen MR) is 128 cm³/mol. The molecule has 164 valence electrons. The fourth-order valence-corrected chi connectivity index (χ4v) is 4.33. The van der Waals surface area contributed by atoms with Crippen molar-refractivity contribution in [3.8, 4) is 39.1 Å². The van der Waals surface area contributed by atoms with E-state index in [4.69, 9.17) is 20.4 Å². The predicted octanol–water partition coefficient (Wildman–Crippen LogP) is 5.49. The number of hydrogen-bond donors (Lipinski definition) is 1. The van der Waals surface area contributed by atoms with Crippen molar-refractivity contribution in [2.45, 2.75) is 46.6 Å². The summed E-state index contributed by atoms with van der Waals surface area (Å²) in [5, 5.41) is 0.497. The third-order valence-corrected chi connectivity index (χ3v) is 6.12. The largest absolute Gasteiger partial charge is 0.490 e. The quantitative estimate of drug-likeness (QED) is 0.400. The van der Waals surface area contributed by atoms with Gasteiger partial charge in [-0.05, 0) is 56.0 Å². The van der Waals surface area contributed by atoms with Gasteiger partial charge in [0.2, 0.25) is 0 Å². The van der Waals surface area contributed by atoms with Crippen molar-refractivity contribution in [2.24, 2.45) is 0 Å². The molecule has 0 fully saturated rings. The Hall–Kier alpha value is -3.39. The van der Waals surface area contributed by atoms with Gasteiger partial charge in [0.25, 0.3) is 0 Å². The van der Waals surface area contributed by atoms with E-state index in [1.54, 1.807) is 24.8 Å². The van der Waals surface area contributed by atoms with E-state index < -0.39 is 0 Å². The van der Waals surface area contributed by atoms with Crippen LogP contribution in [0.3, 0.4) is 0 Å². The third-order valence-electron chi connectivity index (χ3n) is 5.27. The number of aryl methyl sites for hydroxylation is 2. The van der Waals surface area contributed by atoms with Crippen LogP contribution in [0.1, 0.15) is 37.8 Å². The summed E-state index contributed by atoms with van der Waals surface area (Å²) in [4.78, 5) is 23.2. The summed E-state index contributed by atoms with van der Waals surface area (Å²) in [6.45, 7) is 8.45. The molecule has 3 heterocycles. The maximum absolute atomic E-state index is 6.18. The van der Waals surface area contributed by atoms with Crippen molar-refractivity contribution >= 4 is 16.5 Å². The van der Waals surface area contributed by atoms with Crippen LogP contribution in [0, 0.1) is 13.8 Å². The summed E-state index contributed by atoms with van der Waals surface area (Å²) in [7, 11) is 0. The van der Waals surface area contributed by atoms with Gasteiger partial charge in [0.1, 0.15) is 11.4 Å². The third kappa shape index (κ3) is 4.60. The van der Waals surface area contributed by atoms with Gasteiger partial charge in [0.05, 0.1) is 28.6 Å². The van der Waals surface area contributed by atoms with Gasteiger partial charge in [0.15, 0.2) is 11.0 Å². The lowest BCUT2D eigenvalue weighted by Gasteiger charge is -2.19. The van der Waals surface area contributed by atoms with Gasteiger partial charge < -0.3 is 10.5 Å². The molecule has 4 aromatic rings. The van der Waals surface area contributed by atoms with E-state index in [2.05, 4.69) is 54.8 Å². The Balaban J connectivity index is 1.84. The first-order valence-corrected chi connectivity index (χ1v) is 11.5. The number of nitrogens with zero attached hydrogens (tertiary/aromatic N) is 5. The van der Waals surface area contributed by atoms with Crippen molar-refractivity contribution in [3.05, 3.63) is 54.1 Å². The monoisotopic (exact) mass is 446 g/mol. The zero-order valence-corrected chi connectivity index (χ0v) is 19.5. The molecule has 0 saturated carbocycles. The van der Waals surface area contributed by atoms with Crippen molar-refractivity contribution in [2.75, 3.05) is 5.73 Å². The van der Waals surface area contributed by atoms with Crippen LogP contribution in [0.4, 0.5) is 5.13 Å². The highest BCUT2D eigenvalue weighted by Gasteiger charge is 2.17. The maximum Gasteiger partial charge on any atom is 0.180 e. The summed E-state index contributed by atoms with van der Waals surface area (Å²) in [6.07, 6.45) is 8.83. The van der Waals surface area contributed by atoms with E-state index in [9.17, 15) is 0 Å². The highest BCUT2D eigenvalue weighted by Crippen LogP contribution is 2.35. The van der Waals surface area contributed by atoms with Gasteiger partial charge in [-0.3, -0.25) is 4.98 Å². The van der Waals surface area contributed by atoms with E-state index >= 15 is 0 Å². The molecule has 4 rings (SSSR count). The summed E-state index contributed by atoms with van der Waals surface area (Å²) >= 11 is 1.39. The molecule has 0 atom stereocenters. The molecule has 8 heteroatoms. The van der Waals surface area contributed by atoms with Crippen LogP contribution in [-0.2, 0) is 0 Å². The highest BCUT2D eigenvalue weighted by molar-refractivity contribution is 7.18. The van der Waals surface area contributed by atoms with E-state index in [0.717, 1.165) is 51.5 Å². The Morgan fingerprint density at radius 2 is 1.62 bits per heavy atom. The number of aromatic nitrogens is 5. The second-order valence-electron chi connectivity index (χ2n) is 7.60. The summed E-state index contributed by atoms with van der Waals surface area (Å²) in [5.41, 5.74) is 11.3. The molecule has 0 aliphatic carbocycles. The van der Waals surface area contributed by atoms with Crippen LogP contribution in [0.15, 0.2) is 43.0 Å². The maximum atomic E-state index is 6.18. The first kappa shape index (κ1) is 21.8. The first-order valence-electron chi connectivity index (χ1n) is 10.6. The number of ether oxygens (including phenoxy) is 1. The van der Waals surface area contributed by atoms with Crippen LogP contribution < -0.4 is 10.5 Å². The van der Waals surface area contributed by atoms with E-state index in [-0.39, 0.29) is 6.10 Å². The van der Waals surface area contributed by atoms with Crippen LogP contribution in [0.25, 0.3) is 33.3 Å². The lowest BCUT2D eigenvalue weighted by molar-refractivity contribution is 0.192. The lowest BCUT2D eigenvalue weighted by Crippen LogP contribution is -2.13. The van der Waals surface area contributed by atoms with Gasteiger partial charge in [-0.25, -0.2) is 19.9 Å². The minimum atomic E-state index is 0.213. The average molecular weight is 447 g/mol. The van der Waals surface area contributed by atoms with Gasteiger partial charge >= 0.3 is 0 Å². The topological polar surface area (TPSA) is 99.7 Å². The number of thiazole rings is 1. The van der Waals surface area contributed by atoms with Gasteiger partial charge in [-0.2, -0.15) is 0 Å². The van der Waals surface area contributed by atoms with Gasteiger partial charge in [-0.1, -0.05) is 25.2 Å². The Labute approximate surface area is 191 Å². The molecule has 0 aliphatic rings. The second-order valence-corrected chi connectivity index (χ2v) is 8.67. The normalized spacial score (nSPS) is 11.2. The van der Waals surface area contributed by atoms with Gasteiger partial charge in [0, 0.05) is 24.2 Å². The average Bonchev–Trinajstić information content (AvgIpc) is 3.24. The molecular formula is C24H26N6OS. The zero-order chi connectivity index (χ0) is 22.7. The van der Waals surface area contributed by atoms with E-state index in [1.165, 1.54) is 11.3 Å². The Morgan fingerprint density at radius 1 is 0.906 bits per heavy atom. The molecule has 1 aromatic carbocycles. The molecular weight excluding hydrogens is 420 g/mol. The highest BCUT2D eigenvalue weighted by atomic mass is 32.1. The molecule has 2 N–H and O–H groups in total. The van der Waals surface area contributed by atoms with Crippen molar-refractivity contribution < 1.29 is 4.74 Å². The minimum Gasteiger partial charge on any atom is -0.490 e. The van der Waals surface area contributed by atoms with Crippen LogP contribution in [0.2, 0.25) is 0 Å². The number of rotatable bonds is 7. The fourth-order valence-electron chi connectivity index (χ4n) is 3.68. The van der Waals surface area contributed by atoms with Crippen molar-refractivity contribution in [1.82, 2.24) is 24.9 Å². The fraction of sp³-hybridized carbons (Fsp3) is 0.292. The number of nitrogens with two attached hydrogens (primary N) is 1. The number of hydrogen-bond acceptors (Lipinski definition) is 8. The lowest BCUT2D eigenvalue weighted by atomic mass is 9.98. The molecule has 3 aromatic heterocycles. The Bertz CT molecular complexity index is 1200. The summed E-state index contributed by atoms with van der Waals surface area (Å²) < 4.78 is 6.18.